The van der Waals surface area contributed by atoms with Gasteiger partial charge in [-0.2, -0.15) is 0 Å². The number of aliphatic hydroxyl groups is 1. The lowest BCUT2D eigenvalue weighted by Gasteiger charge is -2.09. The Balaban J connectivity index is 0.000000346. The van der Waals surface area contributed by atoms with Gasteiger partial charge in [-0.3, -0.25) is 9.59 Å². The van der Waals surface area contributed by atoms with Gasteiger partial charge < -0.3 is 10.8 Å². The molecule has 1 amide bonds. The number of aliphatic hydroxyl groups excluding tert-OH is 1. The number of amides is 1. The number of carbonyl (C=O) groups is 2. The number of carbonyl (C=O) groups excluding carboxylic acids is 2. The quantitative estimate of drug-likeness (QED) is 0.672. The van der Waals surface area contributed by atoms with Crippen LogP contribution in [-0.4, -0.2) is 16.8 Å². The number of hydrogen-bond acceptors (Lipinski definition) is 3. The summed E-state index contributed by atoms with van der Waals surface area (Å²) < 4.78 is 0. The van der Waals surface area contributed by atoms with E-state index in [1.165, 1.54) is 0 Å². The van der Waals surface area contributed by atoms with Crippen molar-refractivity contribution in [3.05, 3.63) is 83.9 Å². The number of nitrogens with two attached hydrogens (primary N) is 1. The van der Waals surface area contributed by atoms with Crippen LogP contribution in [0.3, 0.4) is 0 Å². The lowest BCUT2D eigenvalue weighted by atomic mass is 10.0. The summed E-state index contributed by atoms with van der Waals surface area (Å²) in [5.74, 6) is -0.707. The van der Waals surface area contributed by atoms with Gasteiger partial charge >= 0.3 is 0 Å². The Hall–Kier alpha value is -2.72. The molecule has 0 aliphatic heterocycles. The van der Waals surface area contributed by atoms with E-state index in [4.69, 9.17) is 5.73 Å². The van der Waals surface area contributed by atoms with Crippen molar-refractivity contribution in [2.75, 3.05) is 0 Å². The molecule has 0 spiro atoms. The van der Waals surface area contributed by atoms with Crippen molar-refractivity contribution in [1.29, 1.82) is 0 Å². The fourth-order valence-corrected chi connectivity index (χ4v) is 1.55. The van der Waals surface area contributed by atoms with Gasteiger partial charge in [-0.05, 0) is 12.5 Å². The number of rotatable bonds is 4. The lowest BCUT2D eigenvalue weighted by molar-refractivity contribution is -0.114. The molecule has 0 saturated carbocycles. The van der Waals surface area contributed by atoms with Gasteiger partial charge in [0.1, 0.15) is 6.10 Å². The normalized spacial score (nSPS) is 10.8. The van der Waals surface area contributed by atoms with Gasteiger partial charge in [0, 0.05) is 11.1 Å². The summed E-state index contributed by atoms with van der Waals surface area (Å²) in [5.41, 5.74) is 6.24. The number of primary amides is 1. The average Bonchev–Trinajstić information content (AvgIpc) is 2.55. The highest BCUT2D eigenvalue weighted by molar-refractivity contribution is 5.99. The molecule has 4 nitrogen and oxygen atoms in total. The molecule has 0 aliphatic carbocycles. The molecule has 0 aromatic heterocycles. The molecule has 0 radical (unpaired) electrons. The van der Waals surface area contributed by atoms with E-state index in [-0.39, 0.29) is 5.78 Å². The molecular weight excluding hydrogens is 278 g/mol. The molecule has 114 valence electrons. The van der Waals surface area contributed by atoms with E-state index in [1.54, 1.807) is 55.5 Å². The van der Waals surface area contributed by atoms with Crippen LogP contribution in [0.5, 0.6) is 0 Å². The highest BCUT2D eigenvalue weighted by Crippen LogP contribution is 2.17. The van der Waals surface area contributed by atoms with Gasteiger partial charge in [-0.15, -0.1) is 0 Å². The van der Waals surface area contributed by atoms with Crippen molar-refractivity contribution in [2.24, 2.45) is 5.73 Å². The number of hydrogen-bond donors (Lipinski definition) is 2. The minimum absolute atomic E-state index is 0.271. The maximum absolute atomic E-state index is 11.9. The van der Waals surface area contributed by atoms with E-state index >= 15 is 0 Å². The summed E-state index contributed by atoms with van der Waals surface area (Å²) in [4.78, 5) is 21.7. The van der Waals surface area contributed by atoms with E-state index in [0.717, 1.165) is 0 Å². The topological polar surface area (TPSA) is 80.4 Å². The van der Waals surface area contributed by atoms with Crippen LogP contribution in [-0.2, 0) is 4.79 Å². The molecule has 2 aromatic rings. The van der Waals surface area contributed by atoms with Crippen molar-refractivity contribution in [3.63, 3.8) is 0 Å². The second-order valence-corrected chi connectivity index (χ2v) is 4.69. The third kappa shape index (κ3) is 5.34. The van der Waals surface area contributed by atoms with E-state index in [0.29, 0.717) is 16.7 Å². The maximum Gasteiger partial charge on any atom is 0.243 e. The Kier molecular flexibility index (Phi) is 6.73. The molecule has 2 aromatic carbocycles. The molecule has 0 fully saturated rings. The highest BCUT2D eigenvalue weighted by atomic mass is 16.3. The standard InChI is InChI=1S/C14H12O2.C4H7NO/c15-13(11-7-3-1-4-8-11)14(16)12-9-5-2-6-10-12;1-3(2)4(5)6/h1-10,13,15H;1H2,2H3,(H2,5,6). The second kappa shape index (κ2) is 8.54. The molecule has 22 heavy (non-hydrogen) atoms. The zero-order valence-electron chi connectivity index (χ0n) is 12.4. The Morgan fingerprint density at radius 1 is 1.00 bits per heavy atom. The van der Waals surface area contributed by atoms with Crippen LogP contribution in [0.2, 0.25) is 0 Å². The monoisotopic (exact) mass is 297 g/mol. The fourth-order valence-electron chi connectivity index (χ4n) is 1.55. The number of Topliss-reactive ketones (excluding diaryl/α,β-unsaturated/α-hetero) is 1. The predicted octanol–water partition coefficient (Wildman–Crippen LogP) is 2.65. The van der Waals surface area contributed by atoms with Gasteiger partial charge in [-0.25, -0.2) is 0 Å². The first kappa shape index (κ1) is 17.3. The van der Waals surface area contributed by atoms with Crippen LogP contribution >= 0.6 is 0 Å². The van der Waals surface area contributed by atoms with Crippen molar-refractivity contribution >= 4 is 11.7 Å². The zero-order valence-corrected chi connectivity index (χ0v) is 12.4. The molecule has 1 unspecified atom stereocenters. The largest absolute Gasteiger partial charge is 0.380 e. The van der Waals surface area contributed by atoms with Crippen molar-refractivity contribution in [2.45, 2.75) is 13.0 Å². The summed E-state index contributed by atoms with van der Waals surface area (Å²) >= 11 is 0. The van der Waals surface area contributed by atoms with Crippen LogP contribution in [0.4, 0.5) is 0 Å². The Morgan fingerprint density at radius 2 is 1.41 bits per heavy atom. The van der Waals surface area contributed by atoms with Crippen molar-refractivity contribution in [3.8, 4) is 0 Å². The van der Waals surface area contributed by atoms with Crippen LogP contribution in [0, 0.1) is 0 Å². The van der Waals surface area contributed by atoms with E-state index in [1.807, 2.05) is 12.1 Å². The van der Waals surface area contributed by atoms with E-state index in [9.17, 15) is 14.7 Å². The van der Waals surface area contributed by atoms with Crippen LogP contribution in [0.15, 0.2) is 72.8 Å². The predicted molar refractivity (Wildman–Crippen MR) is 86.2 cm³/mol. The van der Waals surface area contributed by atoms with E-state index < -0.39 is 12.0 Å². The van der Waals surface area contributed by atoms with Crippen molar-refractivity contribution < 1.29 is 14.7 Å². The molecule has 1 atom stereocenters. The molecule has 4 heteroatoms. The van der Waals surface area contributed by atoms with Crippen LogP contribution in [0.1, 0.15) is 28.9 Å². The first-order chi connectivity index (χ1) is 10.4. The molecule has 3 N–H and O–H groups in total. The summed E-state index contributed by atoms with van der Waals surface area (Å²) in [6.07, 6.45) is -1.08. The Morgan fingerprint density at radius 3 is 1.82 bits per heavy atom. The minimum Gasteiger partial charge on any atom is -0.380 e. The SMILES string of the molecule is C=C(C)C(N)=O.O=C(c1ccccc1)C(O)c1ccccc1. The zero-order chi connectivity index (χ0) is 16.5. The summed E-state index contributed by atoms with van der Waals surface area (Å²) in [6, 6.07) is 17.7. The molecular formula is C18H19NO3. The highest BCUT2D eigenvalue weighted by Gasteiger charge is 2.18. The molecule has 0 saturated heterocycles. The fraction of sp³-hybridized carbons (Fsp3) is 0.111. The van der Waals surface area contributed by atoms with Gasteiger partial charge in [0.15, 0.2) is 5.78 Å². The van der Waals surface area contributed by atoms with Gasteiger partial charge in [0.2, 0.25) is 5.91 Å². The van der Waals surface area contributed by atoms with Crippen molar-refractivity contribution in [1.82, 2.24) is 0 Å². The number of benzene rings is 2. The third-order valence-electron chi connectivity index (χ3n) is 2.84. The van der Waals surface area contributed by atoms with Crippen LogP contribution < -0.4 is 5.73 Å². The van der Waals surface area contributed by atoms with Gasteiger partial charge in [0.05, 0.1) is 0 Å². The third-order valence-corrected chi connectivity index (χ3v) is 2.84. The molecule has 2 rings (SSSR count). The Labute approximate surface area is 129 Å². The van der Waals surface area contributed by atoms with Crippen LogP contribution in [0.25, 0.3) is 0 Å². The van der Waals surface area contributed by atoms with Gasteiger partial charge in [-0.1, -0.05) is 67.2 Å². The first-order valence-electron chi connectivity index (χ1n) is 6.71. The smallest absolute Gasteiger partial charge is 0.243 e. The molecule has 0 aliphatic rings. The first-order valence-corrected chi connectivity index (χ1v) is 6.71. The maximum atomic E-state index is 11.9. The van der Waals surface area contributed by atoms with Gasteiger partial charge in [0.25, 0.3) is 0 Å². The summed E-state index contributed by atoms with van der Waals surface area (Å²) in [6.45, 7) is 4.85. The minimum atomic E-state index is -1.08. The summed E-state index contributed by atoms with van der Waals surface area (Å²) in [5, 5.41) is 9.89. The second-order valence-electron chi connectivity index (χ2n) is 4.69. The lowest BCUT2D eigenvalue weighted by Crippen LogP contribution is -2.11. The molecule has 0 heterocycles. The Bertz CT molecular complexity index is 624. The number of ketones is 1. The molecule has 0 bridgehead atoms. The van der Waals surface area contributed by atoms with E-state index in [2.05, 4.69) is 6.58 Å². The summed E-state index contributed by atoms with van der Waals surface area (Å²) in [7, 11) is 0. The average molecular weight is 297 g/mol.